The third-order valence-corrected chi connectivity index (χ3v) is 11.3. The molecule has 3 aromatic heterocycles. The number of amides is 2. The van der Waals surface area contributed by atoms with Crippen molar-refractivity contribution in [1.82, 2.24) is 38.9 Å². The zero-order valence-corrected chi connectivity index (χ0v) is 32.6. The fourth-order valence-electron chi connectivity index (χ4n) is 7.69. The molecule has 5 heterocycles. The van der Waals surface area contributed by atoms with Crippen LogP contribution < -0.4 is 20.7 Å². The molecule has 3 fully saturated rings. The number of nitrogens with one attached hydrogen (secondary N) is 1. The van der Waals surface area contributed by atoms with Crippen LogP contribution in [0.2, 0.25) is 5.02 Å². The van der Waals surface area contributed by atoms with Gasteiger partial charge in [-0.15, -0.1) is 5.10 Å². The summed E-state index contributed by atoms with van der Waals surface area (Å²) in [5.74, 6) is -1.04. The average molecular weight is 820 g/mol. The molecular weight excluding hydrogens is 779 g/mol. The molecule has 1 aliphatic carbocycles. The number of anilines is 3. The first-order valence-corrected chi connectivity index (χ1v) is 19.5. The second-order valence-electron chi connectivity index (χ2n) is 14.7. The van der Waals surface area contributed by atoms with E-state index in [0.29, 0.717) is 11.3 Å². The molecule has 0 radical (unpaired) electrons. The Morgan fingerprint density at radius 1 is 0.948 bits per heavy atom. The van der Waals surface area contributed by atoms with Gasteiger partial charge in [-0.25, -0.2) is 9.97 Å². The lowest BCUT2D eigenvalue weighted by molar-refractivity contribution is -0.137. The molecule has 0 atom stereocenters. The quantitative estimate of drug-likeness (QED) is 0.216. The number of nitrogens with zero attached hydrogens (tertiary/aromatic N) is 10. The van der Waals surface area contributed by atoms with Crippen molar-refractivity contribution in [2.24, 2.45) is 0 Å². The summed E-state index contributed by atoms with van der Waals surface area (Å²) in [5.41, 5.74) is 1.17. The van der Waals surface area contributed by atoms with E-state index < -0.39 is 29.1 Å². The van der Waals surface area contributed by atoms with Gasteiger partial charge in [0.1, 0.15) is 18.6 Å². The van der Waals surface area contributed by atoms with Crippen molar-refractivity contribution >= 4 is 46.3 Å². The van der Waals surface area contributed by atoms with Crippen molar-refractivity contribution in [3.8, 4) is 17.1 Å². The molecule has 2 aromatic carbocycles. The van der Waals surface area contributed by atoms with Gasteiger partial charge in [0.05, 0.1) is 27.7 Å². The van der Waals surface area contributed by atoms with Gasteiger partial charge in [-0.2, -0.15) is 22.7 Å². The van der Waals surface area contributed by atoms with Crippen LogP contribution in [0.4, 0.5) is 30.2 Å². The van der Waals surface area contributed by atoms with Crippen LogP contribution in [0.3, 0.4) is 0 Å². The van der Waals surface area contributed by atoms with Crippen molar-refractivity contribution in [2.75, 3.05) is 67.5 Å². The summed E-state index contributed by atoms with van der Waals surface area (Å²) in [7, 11) is 0. The number of hydrogen-bond acceptors (Lipinski definition) is 11. The Kier molecular flexibility index (Phi) is 10.5. The van der Waals surface area contributed by atoms with Crippen LogP contribution in [-0.4, -0.2) is 114 Å². The molecule has 5 aromatic rings. The normalized spacial score (nSPS) is 16.6. The maximum absolute atomic E-state index is 14.5. The van der Waals surface area contributed by atoms with Crippen LogP contribution in [0.1, 0.15) is 47.2 Å². The van der Waals surface area contributed by atoms with Crippen LogP contribution >= 0.6 is 11.6 Å². The predicted molar refractivity (Wildman–Crippen MR) is 211 cm³/mol. The van der Waals surface area contributed by atoms with E-state index in [2.05, 4.69) is 30.2 Å². The number of aryl methyl sites for hydroxylation is 1. The molecule has 0 spiro atoms. The smallest absolute Gasteiger partial charge is 0.416 e. The molecule has 304 valence electrons. The molecule has 8 rings (SSSR count). The molecule has 2 N–H and O–H groups in total. The standard InChI is InChI=1S/C39H41ClF3N11O4/c1-3-30-33(51-16-18-52(19-17-51)36(57)32-34(56)23(2)44-22-45-32)37(58)54-38(53(30)21-31(55)46-29-11-6-25(20-28(29)40)39(41,42)43)47-35(48-54)24-4-7-26(8-5-24)49-12-14-50(15-13-49)27-9-10-27/h4-8,11,20,22,27,56H,3,9-10,12-19,21H2,1-2H3,(H,46,55). The van der Waals surface area contributed by atoms with E-state index in [4.69, 9.17) is 16.6 Å². The Morgan fingerprint density at radius 2 is 1.64 bits per heavy atom. The van der Waals surface area contributed by atoms with Gasteiger partial charge in [-0.05, 0) is 68.7 Å². The number of hydrogen-bond donors (Lipinski definition) is 2. The van der Waals surface area contributed by atoms with Crippen LogP contribution in [0.15, 0.2) is 53.6 Å². The van der Waals surface area contributed by atoms with Crippen LogP contribution in [-0.2, 0) is 23.9 Å². The van der Waals surface area contributed by atoms with E-state index in [1.54, 1.807) is 11.5 Å². The molecule has 0 bridgehead atoms. The Balaban J connectivity index is 1.11. The van der Waals surface area contributed by atoms with E-state index >= 15 is 0 Å². The molecule has 2 saturated heterocycles. The van der Waals surface area contributed by atoms with Gasteiger partial charge < -0.3 is 29.7 Å². The zero-order valence-electron chi connectivity index (χ0n) is 31.8. The van der Waals surface area contributed by atoms with Crippen LogP contribution in [0.25, 0.3) is 17.2 Å². The Morgan fingerprint density at radius 3 is 2.28 bits per heavy atom. The number of carbonyl (C=O) groups is 2. The molecule has 2 aliphatic heterocycles. The van der Waals surface area contributed by atoms with Gasteiger partial charge in [0, 0.05) is 69.7 Å². The number of alkyl halides is 3. The molecule has 1 saturated carbocycles. The highest BCUT2D eigenvalue weighted by molar-refractivity contribution is 6.33. The first-order valence-electron chi connectivity index (χ1n) is 19.1. The van der Waals surface area contributed by atoms with E-state index in [9.17, 15) is 32.7 Å². The van der Waals surface area contributed by atoms with Gasteiger partial charge in [0.2, 0.25) is 11.7 Å². The number of benzene rings is 2. The summed E-state index contributed by atoms with van der Waals surface area (Å²) in [4.78, 5) is 62.4. The largest absolute Gasteiger partial charge is 0.504 e. The third kappa shape index (κ3) is 7.65. The van der Waals surface area contributed by atoms with Crippen LogP contribution in [0.5, 0.6) is 5.75 Å². The Hall–Kier alpha value is -5.75. The number of carbonyl (C=O) groups excluding carboxylic acids is 2. The minimum absolute atomic E-state index is 0.0168. The van der Waals surface area contributed by atoms with Crippen molar-refractivity contribution in [3.05, 3.63) is 86.8 Å². The number of aromatic hydroxyl groups is 1. The second-order valence-corrected chi connectivity index (χ2v) is 15.1. The summed E-state index contributed by atoms with van der Waals surface area (Å²) in [6, 6.07) is 11.2. The van der Waals surface area contributed by atoms with Gasteiger partial charge in [0.15, 0.2) is 17.3 Å². The molecule has 3 aliphatic rings. The highest BCUT2D eigenvalue weighted by Crippen LogP contribution is 2.34. The lowest BCUT2D eigenvalue weighted by Gasteiger charge is -2.36. The Labute approximate surface area is 335 Å². The minimum Gasteiger partial charge on any atom is -0.504 e. The lowest BCUT2D eigenvalue weighted by atomic mass is 10.1. The lowest BCUT2D eigenvalue weighted by Crippen LogP contribution is -2.51. The fourth-order valence-corrected chi connectivity index (χ4v) is 7.92. The van der Waals surface area contributed by atoms with E-state index in [0.717, 1.165) is 60.6 Å². The summed E-state index contributed by atoms with van der Waals surface area (Å²) >= 11 is 6.18. The number of rotatable bonds is 9. The fraction of sp³-hybridized carbons (Fsp3) is 0.410. The number of fused-ring (bicyclic) bond motifs is 1. The highest BCUT2D eigenvalue weighted by Gasteiger charge is 2.33. The van der Waals surface area contributed by atoms with Gasteiger partial charge in [-0.3, -0.25) is 19.3 Å². The molecule has 58 heavy (non-hydrogen) atoms. The third-order valence-electron chi connectivity index (χ3n) is 11.0. The number of aromatic nitrogens is 6. The first kappa shape index (κ1) is 39.1. The molecular formula is C39H41ClF3N11O4. The summed E-state index contributed by atoms with van der Waals surface area (Å²) in [6.45, 7) is 7.76. The van der Waals surface area contributed by atoms with E-state index in [-0.39, 0.29) is 84.3 Å². The average Bonchev–Trinajstić information content (AvgIpc) is 3.97. The summed E-state index contributed by atoms with van der Waals surface area (Å²) in [6.07, 6.45) is -0.567. The number of halogens is 4. The maximum atomic E-state index is 14.5. The zero-order chi connectivity index (χ0) is 40.9. The number of piperazine rings is 2. The van der Waals surface area contributed by atoms with E-state index in [1.165, 1.54) is 24.1 Å². The van der Waals surface area contributed by atoms with Gasteiger partial charge in [-0.1, -0.05) is 18.5 Å². The molecule has 0 unspecified atom stereocenters. The van der Waals surface area contributed by atoms with Gasteiger partial charge >= 0.3 is 6.18 Å². The molecule has 2 amide bonds. The van der Waals surface area contributed by atoms with Crippen LogP contribution in [0, 0.1) is 6.92 Å². The first-order chi connectivity index (χ1) is 27.8. The maximum Gasteiger partial charge on any atom is 0.416 e. The van der Waals surface area contributed by atoms with Crippen molar-refractivity contribution in [2.45, 2.75) is 51.9 Å². The molecule has 15 nitrogen and oxygen atoms in total. The SMILES string of the molecule is CCc1c(N2CCN(C(=O)c3ncnc(C)c3O)CC2)c(=O)n2nc(-c3ccc(N4CCN(C5CC5)CC4)cc3)nc2n1CC(=O)Nc1ccc(C(F)(F)F)cc1Cl. The summed E-state index contributed by atoms with van der Waals surface area (Å²) < 4.78 is 42.7. The minimum atomic E-state index is -4.62. The molecule has 19 heteroatoms. The Bertz CT molecular complexity index is 2440. The topological polar surface area (TPSA) is 157 Å². The van der Waals surface area contributed by atoms with Crippen molar-refractivity contribution < 1.29 is 27.9 Å². The summed E-state index contributed by atoms with van der Waals surface area (Å²) in [5, 5.41) is 17.4. The second kappa shape index (κ2) is 15.5. The highest BCUT2D eigenvalue weighted by atomic mass is 35.5. The van der Waals surface area contributed by atoms with Crippen molar-refractivity contribution in [3.63, 3.8) is 0 Å². The monoisotopic (exact) mass is 819 g/mol. The van der Waals surface area contributed by atoms with Gasteiger partial charge in [0.25, 0.3) is 11.5 Å². The predicted octanol–water partition coefficient (Wildman–Crippen LogP) is 4.48. The van der Waals surface area contributed by atoms with Crippen molar-refractivity contribution in [1.29, 1.82) is 0 Å². The van der Waals surface area contributed by atoms with E-state index in [1.807, 2.05) is 36.1 Å².